The molecule has 30 heavy (non-hydrogen) atoms. The number of piperazine rings is 1. The van der Waals surface area contributed by atoms with Gasteiger partial charge in [0.05, 0.1) is 10.5 Å². The van der Waals surface area contributed by atoms with Crippen LogP contribution in [0.4, 0.5) is 13.2 Å². The van der Waals surface area contributed by atoms with Gasteiger partial charge in [0.2, 0.25) is 15.9 Å². The topological polar surface area (TPSA) is 79.7 Å². The van der Waals surface area contributed by atoms with Crippen LogP contribution >= 0.6 is 11.6 Å². The molecule has 1 aliphatic heterocycles. The second-order valence-electron chi connectivity index (χ2n) is 6.61. The summed E-state index contributed by atoms with van der Waals surface area (Å²) >= 11 is 5.59. The maximum Gasteiger partial charge on any atom is 0.417 e. The average Bonchev–Trinajstić information content (AvgIpc) is 2.71. The molecule has 1 amide bonds. The first kappa shape index (κ1) is 22.3. The minimum atomic E-state index is -4.72. The Bertz CT molecular complexity index is 1100. The fraction of sp³-hybridized carbons (Fsp3) is 0.333. The number of pyridine rings is 1. The molecule has 2 heterocycles. The van der Waals surface area contributed by atoms with Gasteiger partial charge >= 0.3 is 6.18 Å². The third-order valence-corrected chi connectivity index (χ3v) is 6.83. The Morgan fingerprint density at radius 3 is 2.23 bits per heavy atom. The highest BCUT2D eigenvalue weighted by atomic mass is 35.5. The summed E-state index contributed by atoms with van der Waals surface area (Å²) in [7, 11) is -3.71. The van der Waals surface area contributed by atoms with E-state index in [0.29, 0.717) is 16.8 Å². The van der Waals surface area contributed by atoms with Gasteiger partial charge in [-0.15, -0.1) is 0 Å². The number of halogens is 4. The molecule has 7 nitrogen and oxygen atoms in total. The van der Waals surface area contributed by atoms with Crippen LogP contribution in [0, 0.1) is 0 Å². The number of benzene rings is 1. The standard InChI is InChI=1S/C18H17ClF3N3O4S/c19-15-10-13(18(20,21)22)11-24(17(15)27)12-16(26)23-6-8-25(9-7-23)30(28,29)14-4-2-1-3-5-14/h1-5,10-11H,6-9,12H2. The Morgan fingerprint density at radius 1 is 1.07 bits per heavy atom. The molecule has 0 N–H and O–H groups in total. The average molecular weight is 464 g/mol. The zero-order valence-electron chi connectivity index (χ0n) is 15.5. The van der Waals surface area contributed by atoms with E-state index in [9.17, 15) is 31.2 Å². The molecule has 3 rings (SSSR count). The van der Waals surface area contributed by atoms with E-state index in [2.05, 4.69) is 0 Å². The van der Waals surface area contributed by atoms with Gasteiger partial charge in [0.25, 0.3) is 5.56 Å². The molecule has 0 bridgehead atoms. The molecular weight excluding hydrogens is 447 g/mol. The van der Waals surface area contributed by atoms with Crippen LogP contribution < -0.4 is 5.56 Å². The lowest BCUT2D eigenvalue weighted by molar-refractivity contribution is -0.139. The normalized spacial score (nSPS) is 15.9. The molecule has 0 saturated carbocycles. The summed E-state index contributed by atoms with van der Waals surface area (Å²) in [6, 6.07) is 8.35. The molecule has 1 fully saturated rings. The van der Waals surface area contributed by atoms with Crippen LogP contribution in [0.15, 0.2) is 52.3 Å². The van der Waals surface area contributed by atoms with Crippen LogP contribution in [0.5, 0.6) is 0 Å². The molecule has 2 aromatic rings. The lowest BCUT2D eigenvalue weighted by Gasteiger charge is -2.34. The summed E-state index contributed by atoms with van der Waals surface area (Å²) in [5.41, 5.74) is -2.05. The number of nitrogens with zero attached hydrogens (tertiary/aromatic N) is 3. The van der Waals surface area contributed by atoms with E-state index < -0.39 is 44.8 Å². The molecule has 0 aliphatic carbocycles. The Labute approximate surface area is 175 Å². The molecule has 1 aromatic carbocycles. The van der Waals surface area contributed by atoms with E-state index >= 15 is 0 Å². The zero-order chi connectivity index (χ0) is 22.1. The largest absolute Gasteiger partial charge is 0.417 e. The molecule has 162 valence electrons. The second kappa shape index (κ2) is 8.40. The van der Waals surface area contributed by atoms with Crippen molar-refractivity contribution < 1.29 is 26.4 Å². The van der Waals surface area contributed by atoms with Crippen LogP contribution in [0.1, 0.15) is 5.56 Å². The van der Waals surface area contributed by atoms with Gasteiger partial charge in [0, 0.05) is 32.4 Å². The van der Waals surface area contributed by atoms with Crippen molar-refractivity contribution in [2.45, 2.75) is 17.6 Å². The van der Waals surface area contributed by atoms with Crippen molar-refractivity contribution in [3.63, 3.8) is 0 Å². The lowest BCUT2D eigenvalue weighted by atomic mass is 10.2. The van der Waals surface area contributed by atoms with Gasteiger partial charge in [-0.1, -0.05) is 29.8 Å². The van der Waals surface area contributed by atoms with Gasteiger partial charge in [-0.3, -0.25) is 9.59 Å². The number of sulfonamides is 1. The summed E-state index contributed by atoms with van der Waals surface area (Å²) < 4.78 is 65.9. The highest BCUT2D eigenvalue weighted by Crippen LogP contribution is 2.29. The number of rotatable bonds is 4. The maximum atomic E-state index is 12.9. The lowest BCUT2D eigenvalue weighted by Crippen LogP contribution is -2.51. The number of carbonyl (C=O) groups excluding carboxylic acids is 1. The van der Waals surface area contributed by atoms with Crippen molar-refractivity contribution in [1.82, 2.24) is 13.8 Å². The molecule has 1 aromatic heterocycles. The highest BCUT2D eigenvalue weighted by Gasteiger charge is 2.33. The molecular formula is C18H17ClF3N3O4S. The number of amides is 1. The minimum Gasteiger partial charge on any atom is -0.339 e. The van der Waals surface area contributed by atoms with Gasteiger partial charge in [0.1, 0.15) is 11.6 Å². The van der Waals surface area contributed by atoms with E-state index in [-0.39, 0.29) is 31.1 Å². The minimum absolute atomic E-state index is 0.0290. The third-order valence-electron chi connectivity index (χ3n) is 4.65. The Kier molecular flexibility index (Phi) is 6.25. The predicted octanol–water partition coefficient (Wildman–Crippen LogP) is 2.05. The monoisotopic (exact) mass is 463 g/mol. The van der Waals surface area contributed by atoms with E-state index in [1.54, 1.807) is 18.2 Å². The molecule has 0 radical (unpaired) electrons. The summed E-state index contributed by atoms with van der Waals surface area (Å²) in [6.45, 7) is -0.477. The number of carbonyl (C=O) groups is 1. The van der Waals surface area contributed by atoms with Crippen LogP contribution in [-0.2, 0) is 27.5 Å². The van der Waals surface area contributed by atoms with E-state index in [4.69, 9.17) is 11.6 Å². The van der Waals surface area contributed by atoms with Crippen molar-refractivity contribution in [3.8, 4) is 0 Å². The Hall–Kier alpha value is -2.37. The Balaban J connectivity index is 1.70. The molecule has 12 heteroatoms. The summed E-state index contributed by atoms with van der Waals surface area (Å²) in [4.78, 5) is 25.9. The summed E-state index contributed by atoms with van der Waals surface area (Å²) in [5.74, 6) is -0.607. The van der Waals surface area contributed by atoms with Crippen molar-refractivity contribution in [2.24, 2.45) is 0 Å². The van der Waals surface area contributed by atoms with Crippen LogP contribution in [0.3, 0.4) is 0 Å². The van der Waals surface area contributed by atoms with Crippen LogP contribution in [0.2, 0.25) is 5.02 Å². The second-order valence-corrected chi connectivity index (χ2v) is 8.95. The number of hydrogen-bond acceptors (Lipinski definition) is 4. The first-order valence-electron chi connectivity index (χ1n) is 8.80. The van der Waals surface area contributed by atoms with Crippen LogP contribution in [0.25, 0.3) is 0 Å². The van der Waals surface area contributed by atoms with Crippen molar-refractivity contribution in [3.05, 3.63) is 63.5 Å². The Morgan fingerprint density at radius 2 is 1.67 bits per heavy atom. The fourth-order valence-electron chi connectivity index (χ4n) is 3.04. The molecule has 0 atom stereocenters. The van der Waals surface area contributed by atoms with E-state index in [1.807, 2.05) is 0 Å². The first-order chi connectivity index (χ1) is 14.0. The first-order valence-corrected chi connectivity index (χ1v) is 10.6. The molecule has 0 unspecified atom stereocenters. The molecule has 1 saturated heterocycles. The maximum absolute atomic E-state index is 12.9. The van der Waals surface area contributed by atoms with Gasteiger partial charge in [0.15, 0.2) is 0 Å². The highest BCUT2D eigenvalue weighted by molar-refractivity contribution is 7.89. The molecule has 0 spiro atoms. The SMILES string of the molecule is O=C(Cn1cc(C(F)(F)F)cc(Cl)c1=O)N1CCN(S(=O)(=O)c2ccccc2)CC1. The predicted molar refractivity (Wildman–Crippen MR) is 102 cm³/mol. The number of aromatic nitrogens is 1. The number of hydrogen-bond donors (Lipinski definition) is 0. The summed E-state index contributed by atoms with van der Waals surface area (Å²) in [5, 5.41) is -0.642. The quantitative estimate of drug-likeness (QED) is 0.695. The van der Waals surface area contributed by atoms with Gasteiger partial charge in [-0.05, 0) is 18.2 Å². The van der Waals surface area contributed by atoms with Crippen LogP contribution in [-0.4, -0.2) is 54.3 Å². The van der Waals surface area contributed by atoms with E-state index in [1.165, 1.54) is 21.3 Å². The van der Waals surface area contributed by atoms with Gasteiger partial charge < -0.3 is 9.47 Å². The van der Waals surface area contributed by atoms with Crippen molar-refractivity contribution in [1.29, 1.82) is 0 Å². The van der Waals surface area contributed by atoms with Crippen molar-refractivity contribution >= 4 is 27.5 Å². The third kappa shape index (κ3) is 4.68. The molecule has 1 aliphatic rings. The van der Waals surface area contributed by atoms with Crippen molar-refractivity contribution in [2.75, 3.05) is 26.2 Å². The van der Waals surface area contributed by atoms with E-state index in [0.717, 1.165) is 0 Å². The van der Waals surface area contributed by atoms with Gasteiger partial charge in [-0.2, -0.15) is 17.5 Å². The smallest absolute Gasteiger partial charge is 0.339 e. The van der Waals surface area contributed by atoms with Gasteiger partial charge in [-0.25, -0.2) is 8.42 Å². The number of alkyl halides is 3. The fourth-order valence-corrected chi connectivity index (χ4v) is 4.71. The summed E-state index contributed by atoms with van der Waals surface area (Å²) in [6.07, 6.45) is -4.18. The zero-order valence-corrected chi connectivity index (χ0v) is 17.0.